The highest BCUT2D eigenvalue weighted by Crippen LogP contribution is 2.32. The standard InChI is InChI=1S/C28H32FN7O/c1-4-34-13-15-35(16-14-34)23-11-9-22(10-12-23)32-28(37)24-17-30-27(33-24)26-25(31-18-36(26)19(2)3)20-5-7-21(29)8-6-20/h5-12,17-19H,4,13-16H2,1-3H3,(H,30,33)(H,32,37)/i19D. The first-order valence-electron chi connectivity index (χ1n) is 13.0. The summed E-state index contributed by atoms with van der Waals surface area (Å²) in [5, 5.41) is 2.92. The van der Waals surface area contributed by atoms with Gasteiger partial charge in [0.1, 0.15) is 17.2 Å². The van der Waals surface area contributed by atoms with Crippen LogP contribution in [0.4, 0.5) is 15.8 Å². The average Bonchev–Trinajstić information content (AvgIpc) is 3.57. The molecule has 37 heavy (non-hydrogen) atoms. The molecule has 0 radical (unpaired) electrons. The van der Waals surface area contributed by atoms with Crippen LogP contribution in [0, 0.1) is 5.82 Å². The number of nitrogens with zero attached hydrogens (tertiary/aromatic N) is 5. The number of halogens is 1. The van der Waals surface area contributed by atoms with E-state index in [0.717, 1.165) is 38.4 Å². The summed E-state index contributed by atoms with van der Waals surface area (Å²) in [5.74, 6) is -0.277. The number of hydrogen-bond donors (Lipinski definition) is 2. The molecule has 1 aliphatic rings. The second kappa shape index (κ2) is 10.6. The molecule has 1 aliphatic heterocycles. The molecule has 1 fully saturated rings. The molecule has 9 heteroatoms. The number of piperazine rings is 1. The average molecular weight is 503 g/mol. The number of aromatic nitrogens is 4. The van der Waals surface area contributed by atoms with Crippen LogP contribution in [-0.4, -0.2) is 63.0 Å². The molecule has 0 aliphatic carbocycles. The van der Waals surface area contributed by atoms with Crippen molar-refractivity contribution in [1.82, 2.24) is 24.4 Å². The lowest BCUT2D eigenvalue weighted by Gasteiger charge is -2.35. The number of benzene rings is 2. The summed E-state index contributed by atoms with van der Waals surface area (Å²) < 4.78 is 23.7. The molecular weight excluding hydrogens is 469 g/mol. The van der Waals surface area contributed by atoms with Crippen molar-refractivity contribution in [2.75, 3.05) is 42.9 Å². The molecule has 1 saturated heterocycles. The highest BCUT2D eigenvalue weighted by atomic mass is 19.1. The number of likely N-dealkylation sites (N-methyl/N-ethyl adjacent to an activating group) is 1. The zero-order valence-electron chi connectivity index (χ0n) is 22.3. The zero-order chi connectivity index (χ0) is 26.9. The smallest absolute Gasteiger partial charge is 0.273 e. The fourth-order valence-electron chi connectivity index (χ4n) is 4.57. The number of imidazole rings is 2. The van der Waals surface area contributed by atoms with E-state index in [1.807, 2.05) is 24.3 Å². The Morgan fingerprint density at radius 3 is 2.43 bits per heavy atom. The lowest BCUT2D eigenvalue weighted by atomic mass is 10.1. The molecule has 8 nitrogen and oxygen atoms in total. The van der Waals surface area contributed by atoms with Gasteiger partial charge in [0, 0.05) is 49.1 Å². The first-order chi connectivity index (χ1) is 18.2. The van der Waals surface area contributed by atoms with Gasteiger partial charge in [0.15, 0.2) is 5.82 Å². The largest absolute Gasteiger partial charge is 0.369 e. The van der Waals surface area contributed by atoms with Crippen LogP contribution in [0.3, 0.4) is 0 Å². The molecule has 1 amide bonds. The normalized spacial score (nSPS) is 15.0. The maximum Gasteiger partial charge on any atom is 0.273 e. The number of H-pyrrole nitrogens is 1. The summed E-state index contributed by atoms with van der Waals surface area (Å²) >= 11 is 0. The maximum absolute atomic E-state index is 13.5. The summed E-state index contributed by atoms with van der Waals surface area (Å²) in [6.45, 7) is 10.8. The molecule has 0 bridgehead atoms. The predicted molar refractivity (Wildman–Crippen MR) is 144 cm³/mol. The summed E-state index contributed by atoms with van der Waals surface area (Å²) in [5.41, 5.74) is 3.88. The highest BCUT2D eigenvalue weighted by Gasteiger charge is 2.21. The number of rotatable bonds is 7. The van der Waals surface area contributed by atoms with Gasteiger partial charge in [-0.05, 0) is 68.9 Å². The van der Waals surface area contributed by atoms with E-state index in [2.05, 4.69) is 37.0 Å². The van der Waals surface area contributed by atoms with Gasteiger partial charge in [-0.1, -0.05) is 6.92 Å². The molecule has 2 aromatic carbocycles. The molecule has 4 aromatic rings. The van der Waals surface area contributed by atoms with Crippen LogP contribution >= 0.6 is 0 Å². The quantitative estimate of drug-likeness (QED) is 0.369. The monoisotopic (exact) mass is 502 g/mol. The van der Waals surface area contributed by atoms with Crippen molar-refractivity contribution in [3.63, 3.8) is 0 Å². The third-order valence-electron chi connectivity index (χ3n) is 6.72. The van der Waals surface area contributed by atoms with Crippen molar-refractivity contribution < 1.29 is 10.6 Å². The topological polar surface area (TPSA) is 82.1 Å². The molecule has 5 rings (SSSR count). The third-order valence-corrected chi connectivity index (χ3v) is 6.72. The second-order valence-corrected chi connectivity index (χ2v) is 9.33. The van der Waals surface area contributed by atoms with Crippen molar-refractivity contribution in [1.29, 1.82) is 0 Å². The van der Waals surface area contributed by atoms with Crippen molar-refractivity contribution >= 4 is 17.3 Å². The summed E-state index contributed by atoms with van der Waals surface area (Å²) in [6.07, 6.45) is 3.03. The number of anilines is 2. The molecule has 0 atom stereocenters. The molecule has 0 unspecified atom stereocenters. The Morgan fingerprint density at radius 1 is 1.08 bits per heavy atom. The molecular formula is C28H32FN7O. The van der Waals surface area contributed by atoms with E-state index in [0.29, 0.717) is 28.5 Å². The van der Waals surface area contributed by atoms with Crippen molar-refractivity contribution in [2.24, 2.45) is 0 Å². The minimum absolute atomic E-state index is 0.278. The van der Waals surface area contributed by atoms with Gasteiger partial charge in [0.2, 0.25) is 0 Å². The van der Waals surface area contributed by atoms with Crippen molar-refractivity contribution in [2.45, 2.75) is 26.8 Å². The van der Waals surface area contributed by atoms with Gasteiger partial charge in [0.05, 0.1) is 19.6 Å². The van der Waals surface area contributed by atoms with Gasteiger partial charge in [-0.25, -0.2) is 14.4 Å². The highest BCUT2D eigenvalue weighted by molar-refractivity contribution is 6.03. The Bertz CT molecular complexity index is 1400. The van der Waals surface area contributed by atoms with E-state index in [1.165, 1.54) is 18.3 Å². The predicted octanol–water partition coefficient (Wildman–Crippen LogP) is 5.05. The molecule has 0 saturated carbocycles. The van der Waals surface area contributed by atoms with Gasteiger partial charge in [-0.15, -0.1) is 0 Å². The van der Waals surface area contributed by atoms with E-state index in [9.17, 15) is 9.18 Å². The first kappa shape index (κ1) is 23.4. The van der Waals surface area contributed by atoms with E-state index in [1.54, 1.807) is 36.9 Å². The number of hydrogen-bond acceptors (Lipinski definition) is 5. The van der Waals surface area contributed by atoms with Gasteiger partial charge >= 0.3 is 0 Å². The Balaban J connectivity index is 1.34. The van der Waals surface area contributed by atoms with E-state index < -0.39 is 6.02 Å². The third kappa shape index (κ3) is 5.27. The lowest BCUT2D eigenvalue weighted by molar-refractivity contribution is 0.102. The fourth-order valence-corrected chi connectivity index (χ4v) is 4.57. The number of nitrogens with one attached hydrogen (secondary N) is 2. The van der Waals surface area contributed by atoms with Crippen molar-refractivity contribution in [3.05, 3.63) is 72.6 Å². The Labute approximate surface area is 217 Å². The fraction of sp³-hybridized carbons (Fsp3) is 0.321. The van der Waals surface area contributed by atoms with Crippen LogP contribution in [0.2, 0.25) is 0 Å². The van der Waals surface area contributed by atoms with Crippen LogP contribution in [-0.2, 0) is 0 Å². The minimum atomic E-state index is -1.04. The summed E-state index contributed by atoms with van der Waals surface area (Å²) in [7, 11) is 0. The van der Waals surface area contributed by atoms with Gasteiger partial charge in [-0.3, -0.25) is 4.79 Å². The molecule has 2 N–H and O–H groups in total. The maximum atomic E-state index is 13.5. The van der Waals surface area contributed by atoms with Gasteiger partial charge < -0.3 is 24.7 Å². The number of aromatic amines is 1. The number of amides is 1. The summed E-state index contributed by atoms with van der Waals surface area (Å²) in [4.78, 5) is 29.8. The van der Waals surface area contributed by atoms with E-state index in [4.69, 9.17) is 1.37 Å². The number of carbonyl (C=O) groups excluding carboxylic acids is 1. The van der Waals surface area contributed by atoms with Crippen LogP contribution in [0.15, 0.2) is 61.1 Å². The van der Waals surface area contributed by atoms with Gasteiger partial charge in [-0.2, -0.15) is 0 Å². The van der Waals surface area contributed by atoms with Crippen molar-refractivity contribution in [3.8, 4) is 22.8 Å². The Morgan fingerprint density at radius 2 is 1.78 bits per heavy atom. The van der Waals surface area contributed by atoms with Crippen LogP contribution < -0.4 is 10.2 Å². The minimum Gasteiger partial charge on any atom is -0.369 e. The first-order valence-corrected chi connectivity index (χ1v) is 12.5. The molecule has 2 aromatic heterocycles. The Hall–Kier alpha value is -3.98. The number of carbonyl (C=O) groups is 1. The molecule has 192 valence electrons. The Kier molecular flexibility index (Phi) is 6.68. The lowest BCUT2D eigenvalue weighted by Crippen LogP contribution is -2.46. The molecule has 0 spiro atoms. The second-order valence-electron chi connectivity index (χ2n) is 9.33. The summed E-state index contributed by atoms with van der Waals surface area (Å²) in [6, 6.07) is 12.8. The van der Waals surface area contributed by atoms with Crippen LogP contribution in [0.5, 0.6) is 0 Å². The zero-order valence-corrected chi connectivity index (χ0v) is 21.3. The van der Waals surface area contributed by atoms with Gasteiger partial charge in [0.25, 0.3) is 5.91 Å². The van der Waals surface area contributed by atoms with E-state index in [-0.39, 0.29) is 17.4 Å². The van der Waals surface area contributed by atoms with E-state index >= 15 is 0 Å². The van der Waals surface area contributed by atoms with Crippen LogP contribution in [0.1, 0.15) is 38.6 Å². The van der Waals surface area contributed by atoms with Crippen LogP contribution in [0.25, 0.3) is 22.8 Å². The SMILES string of the molecule is [2H]C(C)(C)n1cnc(-c2ccc(F)cc2)c1-c1ncc(C(=O)Nc2ccc(N3CCN(CC)CC3)cc2)[nH]1. The molecule has 3 heterocycles.